The van der Waals surface area contributed by atoms with Gasteiger partial charge in [0.05, 0.1) is 0 Å². The van der Waals surface area contributed by atoms with E-state index in [1.165, 1.54) is 24.9 Å². The standard InChI is InChI=1S/C21H21NO3/c23-19(17-7-11-20-21(14-17)25-15-24-20)10-6-16-4-8-18(9-5-16)22-12-2-1-3-13-22/h4-11,14H,1-3,12-13,15H2/b10-6+. The third-order valence-electron chi connectivity index (χ3n) is 4.70. The van der Waals surface area contributed by atoms with Crippen molar-refractivity contribution in [1.82, 2.24) is 0 Å². The molecular formula is C21H21NO3. The summed E-state index contributed by atoms with van der Waals surface area (Å²) in [4.78, 5) is 14.8. The van der Waals surface area contributed by atoms with E-state index >= 15 is 0 Å². The van der Waals surface area contributed by atoms with E-state index < -0.39 is 0 Å². The zero-order valence-electron chi connectivity index (χ0n) is 14.1. The first-order valence-electron chi connectivity index (χ1n) is 8.77. The van der Waals surface area contributed by atoms with Crippen molar-refractivity contribution in [2.24, 2.45) is 0 Å². The Hall–Kier alpha value is -2.75. The van der Waals surface area contributed by atoms with E-state index in [4.69, 9.17) is 9.47 Å². The largest absolute Gasteiger partial charge is 0.454 e. The second-order valence-electron chi connectivity index (χ2n) is 6.40. The van der Waals surface area contributed by atoms with E-state index in [1.807, 2.05) is 6.08 Å². The van der Waals surface area contributed by atoms with E-state index in [1.54, 1.807) is 24.3 Å². The summed E-state index contributed by atoms with van der Waals surface area (Å²) in [7, 11) is 0. The van der Waals surface area contributed by atoms with Gasteiger partial charge in [0.2, 0.25) is 6.79 Å². The highest BCUT2D eigenvalue weighted by Gasteiger charge is 2.15. The van der Waals surface area contributed by atoms with Gasteiger partial charge in [-0.1, -0.05) is 18.2 Å². The van der Waals surface area contributed by atoms with Crippen LogP contribution in [0.2, 0.25) is 0 Å². The summed E-state index contributed by atoms with van der Waals surface area (Å²) in [5, 5.41) is 0. The SMILES string of the molecule is O=C(/C=C/c1ccc(N2CCCCC2)cc1)c1ccc2c(c1)OCO2. The fraction of sp³-hybridized carbons (Fsp3) is 0.286. The van der Waals surface area contributed by atoms with Gasteiger partial charge < -0.3 is 14.4 Å². The van der Waals surface area contributed by atoms with Gasteiger partial charge in [0.25, 0.3) is 0 Å². The number of ether oxygens (including phenoxy) is 2. The van der Waals surface area contributed by atoms with E-state index in [0.717, 1.165) is 18.7 Å². The molecule has 2 aliphatic heterocycles. The number of allylic oxidation sites excluding steroid dienone is 1. The lowest BCUT2D eigenvalue weighted by molar-refractivity contribution is 0.104. The summed E-state index contributed by atoms with van der Waals surface area (Å²) in [5.74, 6) is 1.28. The molecule has 2 heterocycles. The molecule has 1 fully saturated rings. The van der Waals surface area contributed by atoms with Gasteiger partial charge in [0.15, 0.2) is 17.3 Å². The molecule has 1 saturated heterocycles. The first-order chi connectivity index (χ1) is 12.3. The van der Waals surface area contributed by atoms with Crippen LogP contribution in [-0.2, 0) is 0 Å². The van der Waals surface area contributed by atoms with Crippen LogP contribution in [0.1, 0.15) is 35.2 Å². The minimum absolute atomic E-state index is 0.0431. The van der Waals surface area contributed by atoms with Crippen LogP contribution in [0.25, 0.3) is 6.08 Å². The summed E-state index contributed by atoms with van der Waals surface area (Å²) >= 11 is 0. The Balaban J connectivity index is 1.43. The van der Waals surface area contributed by atoms with E-state index in [9.17, 15) is 4.79 Å². The van der Waals surface area contributed by atoms with Crippen molar-refractivity contribution >= 4 is 17.5 Å². The van der Waals surface area contributed by atoms with Crippen LogP contribution in [0.5, 0.6) is 11.5 Å². The van der Waals surface area contributed by atoms with E-state index in [2.05, 4.69) is 29.2 Å². The maximum Gasteiger partial charge on any atom is 0.231 e. The molecule has 4 heteroatoms. The van der Waals surface area contributed by atoms with Crippen LogP contribution >= 0.6 is 0 Å². The lowest BCUT2D eigenvalue weighted by atomic mass is 10.1. The summed E-state index contributed by atoms with van der Waals surface area (Å²) < 4.78 is 10.6. The van der Waals surface area contributed by atoms with Crippen molar-refractivity contribution in [2.75, 3.05) is 24.8 Å². The molecule has 128 valence electrons. The average molecular weight is 335 g/mol. The lowest BCUT2D eigenvalue weighted by Gasteiger charge is -2.28. The number of rotatable bonds is 4. The monoisotopic (exact) mass is 335 g/mol. The number of nitrogens with zero attached hydrogens (tertiary/aromatic N) is 1. The van der Waals surface area contributed by atoms with Gasteiger partial charge in [-0.25, -0.2) is 0 Å². The van der Waals surface area contributed by atoms with Gasteiger partial charge in [0, 0.05) is 24.3 Å². The van der Waals surface area contributed by atoms with Gasteiger partial charge in [-0.3, -0.25) is 4.79 Å². The molecule has 0 aromatic heterocycles. The number of piperidine rings is 1. The average Bonchev–Trinajstić information content (AvgIpc) is 3.15. The molecule has 0 aliphatic carbocycles. The van der Waals surface area contributed by atoms with Crippen LogP contribution in [0.4, 0.5) is 5.69 Å². The molecule has 0 radical (unpaired) electrons. The fourth-order valence-electron chi connectivity index (χ4n) is 3.27. The maximum absolute atomic E-state index is 12.3. The third-order valence-corrected chi connectivity index (χ3v) is 4.70. The molecule has 0 saturated carbocycles. The molecular weight excluding hydrogens is 314 g/mol. The van der Waals surface area contributed by atoms with Crippen LogP contribution < -0.4 is 14.4 Å². The van der Waals surface area contributed by atoms with E-state index in [-0.39, 0.29) is 12.6 Å². The lowest BCUT2D eigenvalue weighted by Crippen LogP contribution is -2.29. The highest BCUT2D eigenvalue weighted by Crippen LogP contribution is 2.32. The predicted octanol–water partition coefficient (Wildman–Crippen LogP) is 4.30. The molecule has 0 unspecified atom stereocenters. The quantitative estimate of drug-likeness (QED) is 0.617. The number of hydrogen-bond acceptors (Lipinski definition) is 4. The van der Waals surface area contributed by atoms with Crippen LogP contribution in [0, 0.1) is 0 Å². The Morgan fingerprint density at radius 1 is 0.920 bits per heavy atom. The van der Waals surface area contributed by atoms with Gasteiger partial charge in [-0.05, 0) is 61.2 Å². The van der Waals surface area contributed by atoms with Crippen LogP contribution in [-0.4, -0.2) is 25.7 Å². The number of benzene rings is 2. The van der Waals surface area contributed by atoms with Crippen LogP contribution in [0.3, 0.4) is 0 Å². The zero-order valence-corrected chi connectivity index (χ0v) is 14.1. The first-order valence-corrected chi connectivity index (χ1v) is 8.77. The third kappa shape index (κ3) is 3.53. The molecule has 0 amide bonds. The van der Waals surface area contributed by atoms with Gasteiger partial charge in [-0.2, -0.15) is 0 Å². The number of hydrogen-bond donors (Lipinski definition) is 0. The molecule has 2 aromatic carbocycles. The summed E-state index contributed by atoms with van der Waals surface area (Å²) in [6, 6.07) is 13.7. The maximum atomic E-state index is 12.3. The second-order valence-corrected chi connectivity index (χ2v) is 6.40. The van der Waals surface area contributed by atoms with Gasteiger partial charge >= 0.3 is 0 Å². The number of carbonyl (C=O) groups excluding carboxylic acids is 1. The minimum atomic E-state index is -0.0431. The number of anilines is 1. The summed E-state index contributed by atoms with van der Waals surface area (Å²) in [5.41, 5.74) is 2.89. The molecule has 0 bridgehead atoms. The molecule has 2 aliphatic rings. The fourth-order valence-corrected chi connectivity index (χ4v) is 3.27. The topological polar surface area (TPSA) is 38.8 Å². The smallest absolute Gasteiger partial charge is 0.231 e. The van der Waals surface area contributed by atoms with Crippen molar-refractivity contribution in [3.63, 3.8) is 0 Å². The van der Waals surface area contributed by atoms with Crippen molar-refractivity contribution in [3.8, 4) is 11.5 Å². The normalized spacial score (nSPS) is 16.4. The van der Waals surface area contributed by atoms with Crippen molar-refractivity contribution in [3.05, 3.63) is 59.7 Å². The first kappa shape index (κ1) is 15.8. The molecule has 4 rings (SSSR count). The van der Waals surface area contributed by atoms with E-state index in [0.29, 0.717) is 17.1 Å². The minimum Gasteiger partial charge on any atom is -0.454 e. The molecule has 2 aromatic rings. The van der Waals surface area contributed by atoms with Gasteiger partial charge in [-0.15, -0.1) is 0 Å². The second kappa shape index (κ2) is 7.01. The molecule has 0 N–H and O–H groups in total. The molecule has 4 nitrogen and oxygen atoms in total. The molecule has 0 atom stereocenters. The number of ketones is 1. The predicted molar refractivity (Wildman–Crippen MR) is 98.4 cm³/mol. The molecule has 0 spiro atoms. The summed E-state index contributed by atoms with van der Waals surface area (Å²) in [6.45, 7) is 2.49. The Labute approximate surface area is 147 Å². The number of carbonyl (C=O) groups is 1. The Kier molecular flexibility index (Phi) is 4.42. The van der Waals surface area contributed by atoms with Crippen molar-refractivity contribution in [1.29, 1.82) is 0 Å². The Morgan fingerprint density at radius 2 is 1.68 bits per heavy atom. The molecule has 25 heavy (non-hydrogen) atoms. The van der Waals surface area contributed by atoms with Gasteiger partial charge in [0.1, 0.15) is 0 Å². The highest BCUT2D eigenvalue weighted by molar-refractivity contribution is 6.07. The van der Waals surface area contributed by atoms with Crippen molar-refractivity contribution in [2.45, 2.75) is 19.3 Å². The number of fused-ring (bicyclic) bond motifs is 1. The Bertz CT molecular complexity index is 789. The van der Waals surface area contributed by atoms with Crippen molar-refractivity contribution < 1.29 is 14.3 Å². The summed E-state index contributed by atoms with van der Waals surface area (Å²) in [6.07, 6.45) is 7.33. The van der Waals surface area contributed by atoms with Crippen LogP contribution in [0.15, 0.2) is 48.5 Å². The highest BCUT2D eigenvalue weighted by atomic mass is 16.7. The zero-order chi connectivity index (χ0) is 17.1. The Morgan fingerprint density at radius 3 is 2.48 bits per heavy atom.